The Morgan fingerprint density at radius 3 is 2.44 bits per heavy atom. The number of nitrogens with one attached hydrogen (secondary N) is 1. The molecule has 3 rings (SSSR count). The summed E-state index contributed by atoms with van der Waals surface area (Å²) in [6, 6.07) is 8.95. The van der Waals surface area contributed by atoms with Crippen molar-refractivity contribution in [2.75, 3.05) is 5.75 Å². The van der Waals surface area contributed by atoms with Gasteiger partial charge in [0, 0.05) is 25.2 Å². The van der Waals surface area contributed by atoms with Crippen molar-refractivity contribution < 1.29 is 23.9 Å². The maximum atomic E-state index is 12.6. The molecule has 1 saturated carbocycles. The summed E-state index contributed by atoms with van der Waals surface area (Å²) >= 11 is 1.58. The number of hydrogen-bond donors (Lipinski definition) is 1. The van der Waals surface area contributed by atoms with Crippen LogP contribution in [0.25, 0.3) is 0 Å². The molecule has 0 aromatic heterocycles. The van der Waals surface area contributed by atoms with Crippen LogP contribution in [0.2, 0.25) is 0 Å². The molecule has 6 nitrogen and oxygen atoms in total. The van der Waals surface area contributed by atoms with Crippen LogP contribution >= 0.6 is 11.8 Å². The Morgan fingerprint density at radius 1 is 1.12 bits per heavy atom. The lowest BCUT2D eigenvalue weighted by molar-refractivity contribution is -0.159. The summed E-state index contributed by atoms with van der Waals surface area (Å²) in [6.45, 7) is 2.73. The van der Waals surface area contributed by atoms with Gasteiger partial charge in [0.15, 0.2) is 0 Å². The maximum absolute atomic E-state index is 12.6. The van der Waals surface area contributed by atoms with E-state index in [1.807, 2.05) is 6.07 Å². The molecule has 1 aromatic rings. The highest BCUT2D eigenvalue weighted by molar-refractivity contribution is 8.00. The number of hydrogen-bond acceptors (Lipinski definition) is 6. The lowest BCUT2D eigenvalue weighted by Gasteiger charge is -2.42. The molecule has 7 heteroatoms. The molecule has 134 valence electrons. The molecule has 1 aromatic carbocycles. The third kappa shape index (κ3) is 3.66. The molecule has 2 fully saturated rings. The average molecular weight is 363 g/mol. The largest absolute Gasteiger partial charge is 0.461 e. The van der Waals surface area contributed by atoms with Crippen LogP contribution in [0.1, 0.15) is 37.0 Å². The van der Waals surface area contributed by atoms with Crippen molar-refractivity contribution in [3.63, 3.8) is 0 Å². The molecule has 1 N–H and O–H groups in total. The van der Waals surface area contributed by atoms with Crippen LogP contribution in [0.15, 0.2) is 30.3 Å². The Bertz CT molecular complexity index is 679. The lowest BCUT2D eigenvalue weighted by atomic mass is 9.78. The van der Waals surface area contributed by atoms with Gasteiger partial charge in [-0.15, -0.1) is 11.8 Å². The second kappa shape index (κ2) is 7.07. The van der Waals surface area contributed by atoms with Gasteiger partial charge in [0.25, 0.3) is 5.91 Å². The number of ether oxygens (including phenoxy) is 2. The highest BCUT2D eigenvalue weighted by atomic mass is 32.2. The fourth-order valence-corrected chi connectivity index (χ4v) is 5.33. The van der Waals surface area contributed by atoms with Gasteiger partial charge in [-0.3, -0.25) is 14.4 Å². The quantitative estimate of drug-likeness (QED) is 0.823. The zero-order chi connectivity index (χ0) is 18.0. The van der Waals surface area contributed by atoms with E-state index in [9.17, 15) is 14.4 Å². The fourth-order valence-electron chi connectivity index (χ4n) is 3.57. The van der Waals surface area contributed by atoms with E-state index in [-0.39, 0.29) is 23.2 Å². The fraction of sp³-hybridized carbons (Fsp3) is 0.500. The van der Waals surface area contributed by atoms with E-state index in [0.29, 0.717) is 24.2 Å². The molecule has 0 unspecified atom stereocenters. The molecule has 4 atom stereocenters. The van der Waals surface area contributed by atoms with Gasteiger partial charge in [0.05, 0.1) is 10.8 Å². The highest BCUT2D eigenvalue weighted by Crippen LogP contribution is 2.47. The van der Waals surface area contributed by atoms with Crippen LogP contribution in [0, 0.1) is 0 Å². The van der Waals surface area contributed by atoms with Crippen LogP contribution in [0.5, 0.6) is 0 Å². The Kier molecular flexibility index (Phi) is 5.03. The van der Waals surface area contributed by atoms with Crippen LogP contribution in [-0.2, 0) is 19.1 Å². The predicted molar refractivity (Wildman–Crippen MR) is 93.2 cm³/mol. The van der Waals surface area contributed by atoms with E-state index in [0.717, 1.165) is 0 Å². The zero-order valence-corrected chi connectivity index (χ0v) is 15.0. The number of fused-ring (bicyclic) bond motifs is 2. The minimum Gasteiger partial charge on any atom is -0.461 e. The molecule has 0 spiro atoms. The summed E-state index contributed by atoms with van der Waals surface area (Å²) in [4.78, 5) is 35.6. The van der Waals surface area contributed by atoms with Crippen molar-refractivity contribution in [2.24, 2.45) is 0 Å². The second-order valence-corrected chi connectivity index (χ2v) is 7.63. The van der Waals surface area contributed by atoms with Crippen molar-refractivity contribution in [3.8, 4) is 0 Å². The van der Waals surface area contributed by atoms with Gasteiger partial charge >= 0.3 is 11.9 Å². The van der Waals surface area contributed by atoms with E-state index in [1.54, 1.807) is 36.0 Å². The molecule has 25 heavy (non-hydrogen) atoms. The van der Waals surface area contributed by atoms with Gasteiger partial charge in [-0.05, 0) is 25.0 Å². The standard InChI is InChI=1S/C18H21NO5S/c1-11(20)23-14-8-9-18(10-25-15(14)16(18)24-12(2)21)19-17(22)13-6-4-3-5-7-13/h3-7,14-16H,8-10H2,1-2H3,(H,19,22)/t14-,15+,16-,18+/m0/s1. The molecule has 1 saturated heterocycles. The SMILES string of the molecule is CC(=O)O[C@H]1CC[C@@]2(NC(=O)c3ccccc3)CS[C@H]1[C@@H]2OC(C)=O. The lowest BCUT2D eigenvalue weighted by Crippen LogP contribution is -2.63. The van der Waals surface area contributed by atoms with Gasteiger partial charge in [0.1, 0.15) is 12.2 Å². The van der Waals surface area contributed by atoms with Gasteiger partial charge in [-0.2, -0.15) is 0 Å². The van der Waals surface area contributed by atoms with Gasteiger partial charge < -0.3 is 14.8 Å². The van der Waals surface area contributed by atoms with Crippen LogP contribution < -0.4 is 5.32 Å². The Balaban J connectivity index is 1.82. The second-order valence-electron chi connectivity index (χ2n) is 6.47. The van der Waals surface area contributed by atoms with Crippen molar-refractivity contribution in [3.05, 3.63) is 35.9 Å². The molecular weight excluding hydrogens is 342 g/mol. The van der Waals surface area contributed by atoms with E-state index in [2.05, 4.69) is 5.32 Å². The Morgan fingerprint density at radius 2 is 1.80 bits per heavy atom. The third-order valence-corrected chi connectivity index (χ3v) is 6.24. The highest BCUT2D eigenvalue weighted by Gasteiger charge is 2.58. The molecule has 1 aliphatic carbocycles. The van der Waals surface area contributed by atoms with Crippen LogP contribution in [0.3, 0.4) is 0 Å². The van der Waals surface area contributed by atoms with Crippen LogP contribution in [-0.4, -0.2) is 46.6 Å². The summed E-state index contributed by atoms with van der Waals surface area (Å²) < 4.78 is 11.0. The Hall–Kier alpha value is -2.02. The molecule has 2 aliphatic rings. The molecular formula is C18H21NO5S. The normalized spacial score (nSPS) is 30.4. The summed E-state index contributed by atoms with van der Waals surface area (Å²) in [5, 5.41) is 2.92. The molecule has 0 radical (unpaired) electrons. The average Bonchev–Trinajstić information content (AvgIpc) is 2.79. The first-order valence-electron chi connectivity index (χ1n) is 8.25. The number of thioether (sulfide) groups is 1. The van der Waals surface area contributed by atoms with Crippen molar-refractivity contribution in [2.45, 2.75) is 49.7 Å². The number of rotatable bonds is 4. The number of esters is 2. The summed E-state index contributed by atoms with van der Waals surface area (Å²) in [6.07, 6.45) is 0.395. The van der Waals surface area contributed by atoms with Crippen LogP contribution in [0.4, 0.5) is 0 Å². The topological polar surface area (TPSA) is 81.7 Å². The number of amides is 1. The number of benzene rings is 1. The Labute approximate surface area is 150 Å². The summed E-state index contributed by atoms with van der Waals surface area (Å²) in [5.74, 6) is -0.324. The minimum absolute atomic E-state index is 0.169. The van der Waals surface area contributed by atoms with E-state index >= 15 is 0 Å². The molecule has 1 heterocycles. The number of carbonyl (C=O) groups is 3. The maximum Gasteiger partial charge on any atom is 0.303 e. The van der Waals surface area contributed by atoms with E-state index in [1.165, 1.54) is 13.8 Å². The predicted octanol–water partition coefficient (Wildman–Crippen LogP) is 1.93. The molecule has 1 aliphatic heterocycles. The first kappa shape index (κ1) is 17.8. The number of carbonyl (C=O) groups excluding carboxylic acids is 3. The zero-order valence-electron chi connectivity index (χ0n) is 14.2. The van der Waals surface area contributed by atoms with Gasteiger partial charge in [0.2, 0.25) is 0 Å². The first-order valence-corrected chi connectivity index (χ1v) is 9.30. The van der Waals surface area contributed by atoms with E-state index in [4.69, 9.17) is 9.47 Å². The van der Waals surface area contributed by atoms with E-state index < -0.39 is 17.6 Å². The molecule has 2 bridgehead atoms. The van der Waals surface area contributed by atoms with Gasteiger partial charge in [-0.1, -0.05) is 18.2 Å². The minimum atomic E-state index is -0.634. The van der Waals surface area contributed by atoms with Gasteiger partial charge in [-0.25, -0.2) is 0 Å². The van der Waals surface area contributed by atoms with Crippen molar-refractivity contribution in [1.29, 1.82) is 0 Å². The van der Waals surface area contributed by atoms with Crippen molar-refractivity contribution >= 4 is 29.6 Å². The summed E-state index contributed by atoms with van der Waals surface area (Å²) in [5.41, 5.74) is -0.0705. The molecule has 1 amide bonds. The van der Waals surface area contributed by atoms with Crippen molar-refractivity contribution in [1.82, 2.24) is 5.32 Å². The smallest absolute Gasteiger partial charge is 0.303 e. The monoisotopic (exact) mass is 363 g/mol. The summed E-state index contributed by atoms with van der Waals surface area (Å²) in [7, 11) is 0. The third-order valence-electron chi connectivity index (χ3n) is 4.63. The first-order chi connectivity index (χ1) is 11.9.